The van der Waals surface area contributed by atoms with Crippen molar-refractivity contribution in [2.24, 2.45) is 11.8 Å². The van der Waals surface area contributed by atoms with Crippen molar-refractivity contribution in [3.63, 3.8) is 0 Å². The quantitative estimate of drug-likeness (QED) is 0.710. The van der Waals surface area contributed by atoms with Crippen molar-refractivity contribution in [3.05, 3.63) is 16.1 Å². The number of aromatic nitrogens is 1. The normalized spacial score (nSPS) is 12.6. The maximum atomic E-state index is 12.4. The smallest absolute Gasteiger partial charge is 0.328 e. The highest BCUT2D eigenvalue weighted by atomic mass is 32.1. The first-order valence-electron chi connectivity index (χ1n) is 8.74. The Balaban J connectivity index is 2.64. The van der Waals surface area contributed by atoms with Crippen LogP contribution in [0.15, 0.2) is 5.38 Å². The molecule has 25 heavy (non-hydrogen) atoms. The number of hydrogen-bond acceptors (Lipinski definition) is 5. The lowest BCUT2D eigenvalue weighted by molar-refractivity contribution is -0.148. The van der Waals surface area contributed by atoms with Gasteiger partial charge >= 0.3 is 12.0 Å². The van der Waals surface area contributed by atoms with Crippen LogP contribution in [0.25, 0.3) is 0 Å². The summed E-state index contributed by atoms with van der Waals surface area (Å²) in [5.41, 5.74) is 0.856. The van der Waals surface area contributed by atoms with Crippen LogP contribution in [-0.2, 0) is 16.1 Å². The Morgan fingerprint density at radius 1 is 1.24 bits per heavy atom. The molecule has 0 aromatic carbocycles. The Bertz CT molecular complexity index is 570. The second-order valence-electron chi connectivity index (χ2n) is 7.38. The standard InChI is InChI=1S/C18H31N3O3S/c1-11(2)9-24-17(22)15(12(3)4)20-18(23)21(7)8-14-10-25-16(19-14)13(5)6/h10-13,15H,8-9H2,1-7H3,(H,20,23)/t15-/m1/s1. The fourth-order valence-electron chi connectivity index (χ4n) is 2.05. The SMILES string of the molecule is CC(C)COC(=O)[C@H](NC(=O)N(C)Cc1csc(C(C)C)n1)C(C)C. The van der Waals surface area contributed by atoms with Crippen molar-refractivity contribution in [1.82, 2.24) is 15.2 Å². The van der Waals surface area contributed by atoms with Crippen molar-refractivity contribution >= 4 is 23.3 Å². The molecule has 1 aromatic rings. The lowest BCUT2D eigenvalue weighted by Gasteiger charge is -2.24. The first kappa shape index (κ1) is 21.4. The third kappa shape index (κ3) is 7.02. The molecule has 0 aliphatic rings. The molecule has 0 radical (unpaired) electrons. The van der Waals surface area contributed by atoms with Crippen molar-refractivity contribution in [2.75, 3.05) is 13.7 Å². The molecule has 0 aliphatic carbocycles. The average Bonchev–Trinajstić information content (AvgIpc) is 2.98. The Morgan fingerprint density at radius 3 is 2.36 bits per heavy atom. The minimum Gasteiger partial charge on any atom is -0.464 e. The second-order valence-corrected chi connectivity index (χ2v) is 8.27. The molecule has 1 heterocycles. The second kappa shape index (κ2) is 9.75. The number of nitrogens with zero attached hydrogens (tertiary/aromatic N) is 2. The highest BCUT2D eigenvalue weighted by molar-refractivity contribution is 7.09. The van der Waals surface area contributed by atoms with E-state index in [1.807, 2.05) is 33.1 Å². The summed E-state index contributed by atoms with van der Waals surface area (Å²) in [4.78, 5) is 30.7. The number of ether oxygens (including phenoxy) is 1. The molecule has 0 saturated heterocycles. The van der Waals surface area contributed by atoms with Gasteiger partial charge in [-0.1, -0.05) is 41.5 Å². The van der Waals surface area contributed by atoms with Gasteiger partial charge in [-0.2, -0.15) is 0 Å². The van der Waals surface area contributed by atoms with Crippen molar-refractivity contribution in [2.45, 2.75) is 60.0 Å². The van der Waals surface area contributed by atoms with Gasteiger partial charge in [0, 0.05) is 18.3 Å². The molecule has 0 bridgehead atoms. The molecular formula is C18H31N3O3S. The number of urea groups is 1. The van der Waals surface area contributed by atoms with Gasteiger partial charge in [-0.25, -0.2) is 14.6 Å². The van der Waals surface area contributed by atoms with Gasteiger partial charge in [0.2, 0.25) is 0 Å². The number of rotatable bonds is 8. The van der Waals surface area contributed by atoms with E-state index in [1.165, 1.54) is 4.90 Å². The van der Waals surface area contributed by atoms with Crippen LogP contribution < -0.4 is 5.32 Å². The predicted octanol–water partition coefficient (Wildman–Crippen LogP) is 3.63. The van der Waals surface area contributed by atoms with E-state index in [2.05, 4.69) is 24.1 Å². The van der Waals surface area contributed by atoms with Crippen LogP contribution in [0.4, 0.5) is 4.79 Å². The minimum absolute atomic E-state index is 0.0520. The summed E-state index contributed by atoms with van der Waals surface area (Å²) in [6, 6.07) is -0.963. The Labute approximate surface area is 155 Å². The highest BCUT2D eigenvalue weighted by Crippen LogP contribution is 2.19. The van der Waals surface area contributed by atoms with Gasteiger partial charge in [-0.15, -0.1) is 11.3 Å². The fourth-order valence-corrected chi connectivity index (χ4v) is 2.88. The van der Waals surface area contributed by atoms with Gasteiger partial charge in [0.15, 0.2) is 0 Å². The lowest BCUT2D eigenvalue weighted by Crippen LogP contribution is -2.49. The van der Waals surface area contributed by atoms with Crippen LogP contribution in [0.1, 0.15) is 58.2 Å². The largest absolute Gasteiger partial charge is 0.464 e. The molecule has 0 fully saturated rings. The molecule has 1 N–H and O–H groups in total. The van der Waals surface area contributed by atoms with Gasteiger partial charge in [-0.05, 0) is 11.8 Å². The Morgan fingerprint density at radius 2 is 1.88 bits per heavy atom. The molecule has 1 atom stereocenters. The van der Waals surface area contributed by atoms with Crippen molar-refractivity contribution in [3.8, 4) is 0 Å². The summed E-state index contributed by atoms with van der Waals surface area (Å²) >= 11 is 1.60. The van der Waals surface area contributed by atoms with Gasteiger partial charge in [-0.3, -0.25) is 0 Å². The zero-order chi connectivity index (χ0) is 19.1. The molecule has 0 aliphatic heterocycles. The van der Waals surface area contributed by atoms with Crippen LogP contribution in [-0.4, -0.2) is 41.6 Å². The zero-order valence-electron chi connectivity index (χ0n) is 16.3. The van der Waals surface area contributed by atoms with Crippen LogP contribution in [0.2, 0.25) is 0 Å². The van der Waals surface area contributed by atoms with Crippen molar-refractivity contribution < 1.29 is 14.3 Å². The van der Waals surface area contributed by atoms with Gasteiger partial charge in [0.1, 0.15) is 6.04 Å². The molecule has 2 amide bonds. The Hall–Kier alpha value is -1.63. The monoisotopic (exact) mass is 369 g/mol. The van der Waals surface area contributed by atoms with Crippen LogP contribution in [0.5, 0.6) is 0 Å². The molecule has 1 aromatic heterocycles. The Kier molecular flexibility index (Phi) is 8.35. The van der Waals surface area contributed by atoms with Gasteiger partial charge in [0.05, 0.1) is 23.9 Å². The zero-order valence-corrected chi connectivity index (χ0v) is 17.1. The van der Waals surface area contributed by atoms with Crippen LogP contribution in [0, 0.1) is 11.8 Å². The summed E-state index contributed by atoms with van der Waals surface area (Å²) in [6.07, 6.45) is 0. The first-order chi connectivity index (χ1) is 11.6. The number of thiazole rings is 1. The van der Waals surface area contributed by atoms with E-state index in [1.54, 1.807) is 18.4 Å². The third-order valence-corrected chi connectivity index (χ3v) is 4.76. The van der Waals surface area contributed by atoms with E-state index in [9.17, 15) is 9.59 Å². The maximum Gasteiger partial charge on any atom is 0.328 e. The summed E-state index contributed by atoms with van der Waals surface area (Å²) in [7, 11) is 1.70. The molecule has 6 nitrogen and oxygen atoms in total. The number of carbonyl (C=O) groups excluding carboxylic acids is 2. The summed E-state index contributed by atoms with van der Waals surface area (Å²) in [5.74, 6) is 0.193. The molecule has 1 rings (SSSR count). The van der Waals surface area contributed by atoms with E-state index >= 15 is 0 Å². The van der Waals surface area contributed by atoms with Crippen LogP contribution in [0.3, 0.4) is 0 Å². The number of esters is 1. The van der Waals surface area contributed by atoms with E-state index in [-0.39, 0.29) is 23.8 Å². The third-order valence-electron chi connectivity index (χ3n) is 3.57. The summed E-state index contributed by atoms with van der Waals surface area (Å²) in [6.45, 7) is 12.7. The van der Waals surface area contributed by atoms with E-state index in [0.717, 1.165) is 10.7 Å². The molecule has 0 saturated carbocycles. The number of amides is 2. The number of hydrogen-bond donors (Lipinski definition) is 1. The van der Waals surface area contributed by atoms with E-state index < -0.39 is 6.04 Å². The van der Waals surface area contributed by atoms with Gasteiger partial charge in [0.25, 0.3) is 0 Å². The summed E-state index contributed by atoms with van der Waals surface area (Å²) < 4.78 is 5.27. The van der Waals surface area contributed by atoms with Gasteiger partial charge < -0.3 is 15.0 Å². The first-order valence-corrected chi connectivity index (χ1v) is 9.62. The lowest BCUT2D eigenvalue weighted by atomic mass is 10.0. The topological polar surface area (TPSA) is 71.5 Å². The number of carbonyl (C=O) groups is 2. The number of nitrogens with one attached hydrogen (secondary N) is 1. The molecule has 0 unspecified atom stereocenters. The molecule has 7 heteroatoms. The average molecular weight is 370 g/mol. The fraction of sp³-hybridized carbons (Fsp3) is 0.722. The van der Waals surface area contributed by atoms with Crippen LogP contribution >= 0.6 is 11.3 Å². The molecule has 142 valence electrons. The van der Waals surface area contributed by atoms with E-state index in [4.69, 9.17) is 4.74 Å². The van der Waals surface area contributed by atoms with E-state index in [0.29, 0.717) is 19.1 Å². The molecular weight excluding hydrogens is 338 g/mol. The summed E-state index contributed by atoms with van der Waals surface area (Å²) in [5, 5.41) is 5.80. The maximum absolute atomic E-state index is 12.4. The minimum atomic E-state index is -0.657. The highest BCUT2D eigenvalue weighted by Gasteiger charge is 2.27. The van der Waals surface area contributed by atoms with Crippen molar-refractivity contribution in [1.29, 1.82) is 0 Å². The molecule has 0 spiro atoms. The predicted molar refractivity (Wildman–Crippen MR) is 101 cm³/mol.